The van der Waals surface area contributed by atoms with Gasteiger partial charge in [0.15, 0.2) is 11.6 Å². The number of ketones is 2. The van der Waals surface area contributed by atoms with Crippen molar-refractivity contribution < 1.29 is 90.6 Å². The van der Waals surface area contributed by atoms with Gasteiger partial charge in [-0.15, -0.1) is 0 Å². The standard InChI is InChI=1S/2C28H24N2O5.C27H22N2O4.C23H18N2O2.C5H7ClO3.Al.3ClH/c2*1-34-16-5-7-17-14(11-16)3-6-18-24(17)26-20(13-29-28(26)33)25-19-12-15(4-8-21(19)30-27(18)25)22(31)9-10-23(32)35-2;1-32-15-4-6-16-13(10-15)2-5-17-23(16)25-19(12-28-27(25)31)24-18-11-14(21-8-9-22(30)33-21)3-7-20(18)29-26(17)24;1-27-13-7-9-14-12(10-13)6-8-16-19(14)21-17(11-24-23(21)26)20-15-4-2-3-5-18(15)25-22(16)20;1-9-5(8)3-2-4(6)7;;;;/h2*4-5,7-8,11-12,30H,3,6,9-10,13H2,1-2H3,(H,29,33);3-4,6-7,10-11,21,29H,2,5,8-9,12H2,1H3,(H,28,31);2-5,7,9-10,25H,6,8,11H2,1H3,(H,24,26);2-3H2,1H3;;3*1H/q;;;;;+3;;;/p-3. The van der Waals surface area contributed by atoms with E-state index in [4.69, 9.17) is 65.4 Å². The number of halogens is 4. The first-order valence-electron chi connectivity index (χ1n) is 47.1. The molecule has 32 heteroatoms. The molecule has 143 heavy (non-hydrogen) atoms. The summed E-state index contributed by atoms with van der Waals surface area (Å²) in [5, 5.41) is 20.1. The summed E-state index contributed by atoms with van der Waals surface area (Å²) in [5.41, 5.74) is 35.7. The van der Waals surface area contributed by atoms with Crippen molar-refractivity contribution in [3.8, 4) is 67.5 Å². The smallest absolute Gasteiger partial charge is 0.497 e. The number of aryl methyl sites for hydroxylation is 8. The normalized spacial score (nSPS) is 14.6. The number of fused-ring (bicyclic) bond motifs is 40. The van der Waals surface area contributed by atoms with E-state index in [9.17, 15) is 52.7 Å². The van der Waals surface area contributed by atoms with Crippen molar-refractivity contribution in [2.45, 2.75) is 135 Å². The molecule has 16 aromatic rings. The number of ether oxygens (including phenoxy) is 8. The maximum atomic E-state index is 13.1. The first kappa shape index (κ1) is 96.0. The molecule has 25 rings (SSSR count). The van der Waals surface area contributed by atoms with Crippen LogP contribution in [0.15, 0.2) is 152 Å². The second kappa shape index (κ2) is 39.8. The molecule has 0 radical (unpaired) electrons. The van der Waals surface area contributed by atoms with Crippen molar-refractivity contribution in [2.24, 2.45) is 0 Å². The molecule has 1 fully saturated rings. The Morgan fingerprint density at radius 1 is 0.336 bits per heavy atom. The molecule has 9 heterocycles. The van der Waals surface area contributed by atoms with E-state index in [0.717, 1.165) is 251 Å². The van der Waals surface area contributed by atoms with Crippen LogP contribution < -0.4 is 40.2 Å². The van der Waals surface area contributed by atoms with E-state index < -0.39 is 34.5 Å². The molecular formula is C111H95AlCl4N8O19. The van der Waals surface area contributed by atoms with Crippen LogP contribution in [0.25, 0.3) is 132 Å². The van der Waals surface area contributed by atoms with Crippen molar-refractivity contribution in [3.05, 3.63) is 257 Å². The number of aromatic amines is 4. The minimum atomic E-state index is -1.72. The second-order valence-electron chi connectivity index (χ2n) is 36.2. The van der Waals surface area contributed by atoms with Gasteiger partial charge >= 0.3 is 35.3 Å². The molecule has 8 N–H and O–H groups in total. The molecule has 0 saturated carbocycles. The van der Waals surface area contributed by atoms with Crippen molar-refractivity contribution in [1.29, 1.82) is 0 Å². The summed E-state index contributed by atoms with van der Waals surface area (Å²) in [6.07, 6.45) is 8.28. The maximum absolute atomic E-state index is 13.1. The number of carbonyl (C=O) groups is 11. The van der Waals surface area contributed by atoms with Gasteiger partial charge in [0.2, 0.25) is 5.24 Å². The zero-order valence-electron chi connectivity index (χ0n) is 79.0. The number of H-pyrrole nitrogens is 4. The van der Waals surface area contributed by atoms with E-state index in [2.05, 4.69) is 128 Å². The highest BCUT2D eigenvalue weighted by atomic mass is 35.8. The van der Waals surface area contributed by atoms with E-state index >= 15 is 0 Å². The Kier molecular flexibility index (Phi) is 26.7. The average Bonchev–Trinajstić information content (AvgIpc) is 1.59. The van der Waals surface area contributed by atoms with Gasteiger partial charge < -0.3 is 79.1 Å². The number of esters is 4. The first-order chi connectivity index (χ1) is 69.3. The number of Topliss-reactive ketones (excluding diaryl/α,β-unsaturated/α-hetero) is 2. The molecule has 12 aromatic carbocycles. The first-order valence-corrected chi connectivity index (χ1v) is 52.8. The van der Waals surface area contributed by atoms with Crippen LogP contribution in [-0.2, 0) is 120 Å². The zero-order chi connectivity index (χ0) is 99.8. The molecule has 0 spiro atoms. The van der Waals surface area contributed by atoms with Crippen LogP contribution in [0.2, 0.25) is 0 Å². The Labute approximate surface area is 840 Å². The number of hydrogen-bond donors (Lipinski definition) is 8. The van der Waals surface area contributed by atoms with Crippen molar-refractivity contribution in [1.82, 2.24) is 41.2 Å². The molecule has 4 amide bonds. The lowest BCUT2D eigenvalue weighted by Crippen LogP contribution is -2.15. The molecule has 4 aliphatic carbocycles. The average molecular weight is 2010 g/mol. The number of rotatable bonds is 16. The van der Waals surface area contributed by atoms with Gasteiger partial charge in [-0.2, -0.15) is 0 Å². The Morgan fingerprint density at radius 3 is 0.958 bits per heavy atom. The quantitative estimate of drug-likeness (QED) is 0.0146. The Bertz CT molecular complexity index is 7950. The van der Waals surface area contributed by atoms with Crippen LogP contribution in [-0.4, -0.2) is 145 Å². The van der Waals surface area contributed by atoms with Crippen molar-refractivity contribution in [3.63, 3.8) is 0 Å². The van der Waals surface area contributed by atoms with Gasteiger partial charge in [-0.3, -0.25) is 52.7 Å². The van der Waals surface area contributed by atoms with E-state index in [1.165, 1.54) is 71.0 Å². The number of methoxy groups -OCH3 is 7. The molecule has 9 aliphatic rings. The molecule has 1 atom stereocenters. The third kappa shape index (κ3) is 17.6. The lowest BCUT2D eigenvalue weighted by atomic mass is 9.80. The fourth-order valence-corrected chi connectivity index (χ4v) is 22.3. The molecule has 1 unspecified atom stereocenters. The maximum Gasteiger partial charge on any atom is 0.643 e. The predicted molar refractivity (Wildman–Crippen MR) is 550 cm³/mol. The third-order valence-corrected chi connectivity index (χ3v) is 28.9. The summed E-state index contributed by atoms with van der Waals surface area (Å²) < 4.78 is 40.8. The molecule has 0 bridgehead atoms. The highest BCUT2D eigenvalue weighted by Crippen LogP contribution is 2.53. The summed E-state index contributed by atoms with van der Waals surface area (Å²) in [6, 6.07) is 50.2. The molecule has 1 saturated heterocycles. The minimum absolute atomic E-state index is 0.0120. The van der Waals surface area contributed by atoms with Crippen LogP contribution in [0, 0.1) is 0 Å². The van der Waals surface area contributed by atoms with Gasteiger partial charge in [0.25, 0.3) is 23.6 Å². The van der Waals surface area contributed by atoms with Crippen LogP contribution in [0.3, 0.4) is 0 Å². The van der Waals surface area contributed by atoms with Crippen LogP contribution in [0.1, 0.15) is 192 Å². The van der Waals surface area contributed by atoms with Gasteiger partial charge in [-0.1, -0.05) is 48.5 Å². The minimum Gasteiger partial charge on any atom is -0.497 e. The number of para-hydroxylation sites is 1. The number of aromatic nitrogens is 4. The zero-order valence-corrected chi connectivity index (χ0v) is 83.2. The summed E-state index contributed by atoms with van der Waals surface area (Å²) in [4.78, 5) is 147. The summed E-state index contributed by atoms with van der Waals surface area (Å²) in [6.45, 7) is 1.98. The molecule has 724 valence electrons. The van der Waals surface area contributed by atoms with E-state index in [-0.39, 0.29) is 85.8 Å². The Hall–Kier alpha value is -14.5. The number of carbonyl (C=O) groups excluding carboxylic acids is 11. The van der Waals surface area contributed by atoms with Gasteiger partial charge in [0, 0.05) is 150 Å². The van der Waals surface area contributed by atoms with Crippen molar-refractivity contribution in [2.75, 3.05) is 49.8 Å². The highest BCUT2D eigenvalue weighted by Gasteiger charge is 2.40. The lowest BCUT2D eigenvalue weighted by molar-refractivity contribution is -0.142. The molecule has 27 nitrogen and oxygen atoms in total. The number of amides is 4. The predicted octanol–water partition coefficient (Wildman–Crippen LogP) is 20.4. The van der Waals surface area contributed by atoms with Gasteiger partial charge in [-0.05, 0) is 267 Å². The fourth-order valence-electron chi connectivity index (χ4n) is 22.2. The van der Waals surface area contributed by atoms with Crippen LogP contribution >= 0.6 is 41.7 Å². The van der Waals surface area contributed by atoms with Gasteiger partial charge in [-0.25, -0.2) is 30.1 Å². The summed E-state index contributed by atoms with van der Waals surface area (Å²) >= 11 is 3.21. The topological polar surface area (TPSA) is 373 Å². The van der Waals surface area contributed by atoms with E-state index in [0.29, 0.717) is 50.1 Å². The van der Waals surface area contributed by atoms with E-state index in [1.54, 1.807) is 40.6 Å². The molecular weight excluding hydrogens is 1920 g/mol. The SMILES string of the molecule is COC(=O)CCC(=O)Cl.COC(=O)CCC(=O)c1ccc2[nH]c3c4c(c5c(c3c2c1)CNC5=O)-c1ccc(OC)cc1CC4.COC(=O)CCC(=O)c1ccc2[nH]c3c4c(c5c(c3c2c1)CNC5=O)-c1ccc(OC)cc1CC4.COc1ccc2c(c1)CCc1c-2c2c(c3c1[nH]c1ccc(C4CCC(=O)O4)cc13)CNC2=O.COc1ccc2c(c1)CCc1c-2c2c(c3c1[nH]c1ccccc13)CNC2=O.[Cl][Al]([Cl])[Cl]. The van der Waals surface area contributed by atoms with Crippen LogP contribution in [0.4, 0.5) is 0 Å². The number of nitrogens with one attached hydrogen (secondary N) is 8. The largest absolute Gasteiger partial charge is 0.643 e. The van der Waals surface area contributed by atoms with Crippen LogP contribution in [0.5, 0.6) is 23.0 Å². The third-order valence-electron chi connectivity index (χ3n) is 28.7. The monoisotopic (exact) mass is 2010 g/mol. The summed E-state index contributed by atoms with van der Waals surface area (Å²) in [5.74, 6) is 1.63. The fraction of sp³-hybridized carbons (Fsp3) is 0.252. The van der Waals surface area contributed by atoms with Crippen molar-refractivity contribution >= 4 is 205 Å². The number of hydrogen-bond acceptors (Lipinski definition) is 19. The number of benzene rings is 12. The Balaban J connectivity index is 0.000000112. The Morgan fingerprint density at radius 2 is 0.643 bits per heavy atom. The van der Waals surface area contributed by atoms with Gasteiger partial charge in [0.05, 0.1) is 113 Å². The van der Waals surface area contributed by atoms with Gasteiger partial charge in [0.1, 0.15) is 29.1 Å². The highest BCUT2D eigenvalue weighted by molar-refractivity contribution is 7.54. The molecule has 5 aliphatic heterocycles. The molecule has 4 aromatic heterocycles. The lowest BCUT2D eigenvalue weighted by Gasteiger charge is -2.23. The number of cyclic esters (lactones) is 1. The summed E-state index contributed by atoms with van der Waals surface area (Å²) in [7, 11) is 25.4. The second-order valence-corrected chi connectivity index (χ2v) is 43.1. The van der Waals surface area contributed by atoms with E-state index in [1.807, 2.05) is 66.7 Å².